The van der Waals surface area contributed by atoms with Crippen LogP contribution in [0.25, 0.3) is 10.7 Å². The molecule has 21 heavy (non-hydrogen) atoms. The second-order valence-electron chi connectivity index (χ2n) is 4.66. The van der Waals surface area contributed by atoms with Gasteiger partial charge in [-0.05, 0) is 5.92 Å². The molecule has 0 aliphatic rings. The predicted octanol–water partition coefficient (Wildman–Crippen LogP) is 1.44. The number of carbonyl (C=O) groups is 2. The molecule has 0 bridgehead atoms. The molecule has 1 amide bonds. The largest absolute Gasteiger partial charge is 0.480 e. The average Bonchev–Trinajstić information content (AvgIpc) is 2.94. The van der Waals surface area contributed by atoms with Gasteiger partial charge in [0.2, 0.25) is 0 Å². The Labute approximate surface area is 125 Å². The highest BCUT2D eigenvalue weighted by Gasteiger charge is 2.25. The molecular formula is C13H14N4O3S. The van der Waals surface area contributed by atoms with E-state index in [1.165, 1.54) is 17.5 Å². The van der Waals surface area contributed by atoms with Gasteiger partial charge in [-0.25, -0.2) is 9.78 Å². The number of hydrogen-bond donors (Lipinski definition) is 2. The third kappa shape index (κ3) is 3.60. The zero-order chi connectivity index (χ0) is 15.4. The summed E-state index contributed by atoms with van der Waals surface area (Å²) in [5.74, 6) is -1.80. The highest BCUT2D eigenvalue weighted by Crippen LogP contribution is 2.20. The lowest BCUT2D eigenvalue weighted by Crippen LogP contribution is -2.44. The summed E-state index contributed by atoms with van der Waals surface area (Å²) < 4.78 is 0. The maximum Gasteiger partial charge on any atom is 0.326 e. The van der Waals surface area contributed by atoms with Gasteiger partial charge in [0.25, 0.3) is 5.91 Å². The van der Waals surface area contributed by atoms with Gasteiger partial charge in [0.1, 0.15) is 22.4 Å². The molecule has 1 atom stereocenters. The molecule has 110 valence electrons. The Balaban J connectivity index is 2.14. The van der Waals surface area contributed by atoms with Crippen LogP contribution in [0.4, 0.5) is 0 Å². The summed E-state index contributed by atoms with van der Waals surface area (Å²) in [6, 6.07) is -0.945. The molecule has 0 aromatic carbocycles. The molecule has 2 rings (SSSR count). The van der Waals surface area contributed by atoms with Crippen LogP contribution in [0.2, 0.25) is 0 Å². The Morgan fingerprint density at radius 1 is 1.33 bits per heavy atom. The monoisotopic (exact) mass is 306 g/mol. The fraction of sp³-hybridized carbons (Fsp3) is 0.308. The number of nitrogens with one attached hydrogen (secondary N) is 1. The van der Waals surface area contributed by atoms with E-state index in [1.807, 2.05) is 0 Å². The summed E-state index contributed by atoms with van der Waals surface area (Å²) >= 11 is 1.25. The molecule has 0 radical (unpaired) electrons. The molecule has 2 aromatic heterocycles. The number of hydrogen-bond acceptors (Lipinski definition) is 6. The highest BCUT2D eigenvalue weighted by molar-refractivity contribution is 7.13. The van der Waals surface area contributed by atoms with Crippen molar-refractivity contribution in [2.45, 2.75) is 19.9 Å². The molecule has 8 heteroatoms. The van der Waals surface area contributed by atoms with Gasteiger partial charge in [-0.1, -0.05) is 13.8 Å². The lowest BCUT2D eigenvalue weighted by Gasteiger charge is -2.16. The van der Waals surface area contributed by atoms with Crippen molar-refractivity contribution in [3.05, 3.63) is 29.7 Å². The van der Waals surface area contributed by atoms with E-state index in [4.69, 9.17) is 5.11 Å². The number of aliphatic carboxylic acids is 1. The lowest BCUT2D eigenvalue weighted by atomic mass is 10.0. The Morgan fingerprint density at radius 2 is 2.10 bits per heavy atom. The highest BCUT2D eigenvalue weighted by atomic mass is 32.1. The van der Waals surface area contributed by atoms with E-state index in [9.17, 15) is 9.59 Å². The van der Waals surface area contributed by atoms with Crippen molar-refractivity contribution in [1.29, 1.82) is 0 Å². The van der Waals surface area contributed by atoms with E-state index >= 15 is 0 Å². The predicted molar refractivity (Wildman–Crippen MR) is 76.9 cm³/mol. The van der Waals surface area contributed by atoms with Crippen LogP contribution in [0.1, 0.15) is 24.3 Å². The number of rotatable bonds is 5. The summed E-state index contributed by atoms with van der Waals surface area (Å²) in [5.41, 5.74) is 0.743. The topological polar surface area (TPSA) is 105 Å². The molecular weight excluding hydrogens is 292 g/mol. The quantitative estimate of drug-likeness (QED) is 0.866. The minimum absolute atomic E-state index is 0.174. The van der Waals surface area contributed by atoms with Gasteiger partial charge < -0.3 is 10.4 Å². The van der Waals surface area contributed by atoms with Gasteiger partial charge in [-0.2, -0.15) is 0 Å². The normalized spacial score (nSPS) is 12.1. The van der Waals surface area contributed by atoms with Crippen LogP contribution in [0, 0.1) is 5.92 Å². The van der Waals surface area contributed by atoms with E-state index in [2.05, 4.69) is 20.3 Å². The first-order chi connectivity index (χ1) is 9.99. The fourth-order valence-electron chi connectivity index (χ4n) is 1.63. The lowest BCUT2D eigenvalue weighted by molar-refractivity contribution is -0.140. The smallest absolute Gasteiger partial charge is 0.326 e. The molecule has 2 N–H and O–H groups in total. The number of carboxylic acids is 1. The van der Waals surface area contributed by atoms with Crippen molar-refractivity contribution >= 4 is 23.2 Å². The number of thiazole rings is 1. The van der Waals surface area contributed by atoms with Crippen molar-refractivity contribution in [1.82, 2.24) is 20.3 Å². The summed E-state index contributed by atoms with van der Waals surface area (Å²) in [7, 11) is 0. The van der Waals surface area contributed by atoms with Crippen LogP contribution < -0.4 is 5.32 Å². The van der Waals surface area contributed by atoms with Gasteiger partial charge in [-0.15, -0.1) is 11.3 Å². The Kier molecular flexibility index (Phi) is 4.59. The van der Waals surface area contributed by atoms with Gasteiger partial charge in [0, 0.05) is 17.8 Å². The van der Waals surface area contributed by atoms with Gasteiger partial charge >= 0.3 is 5.97 Å². The van der Waals surface area contributed by atoms with Gasteiger partial charge in [0.15, 0.2) is 0 Å². The molecule has 0 saturated carbocycles. The number of nitrogens with zero attached hydrogens (tertiary/aromatic N) is 3. The summed E-state index contributed by atoms with van der Waals surface area (Å²) in [4.78, 5) is 35.3. The van der Waals surface area contributed by atoms with Gasteiger partial charge in [0.05, 0.1) is 6.20 Å². The average molecular weight is 306 g/mol. The summed E-state index contributed by atoms with van der Waals surface area (Å²) in [6.45, 7) is 3.45. The van der Waals surface area contributed by atoms with Crippen molar-refractivity contribution in [2.75, 3.05) is 0 Å². The number of carbonyl (C=O) groups excluding carboxylic acids is 1. The molecule has 0 aliphatic heterocycles. The van der Waals surface area contributed by atoms with Gasteiger partial charge in [-0.3, -0.25) is 14.8 Å². The molecule has 0 fully saturated rings. The molecule has 0 spiro atoms. The van der Waals surface area contributed by atoms with E-state index in [1.54, 1.807) is 31.6 Å². The second-order valence-corrected chi connectivity index (χ2v) is 5.52. The maximum absolute atomic E-state index is 12.0. The number of carboxylic acid groups (broad SMARTS) is 1. The maximum atomic E-state index is 12.0. The zero-order valence-corrected chi connectivity index (χ0v) is 12.3. The summed E-state index contributed by atoms with van der Waals surface area (Å²) in [5, 5.41) is 13.7. The first-order valence-corrected chi connectivity index (χ1v) is 7.12. The third-order valence-corrected chi connectivity index (χ3v) is 3.60. The van der Waals surface area contributed by atoms with E-state index in [0.29, 0.717) is 10.7 Å². The molecule has 0 saturated heterocycles. The first-order valence-electron chi connectivity index (χ1n) is 6.24. The third-order valence-electron chi connectivity index (χ3n) is 2.74. The Hall–Kier alpha value is -2.35. The number of amides is 1. The standard InChI is InChI=1S/C13H14N4O3S/c1-7(2)10(13(19)20)17-11(18)9-6-21-12(16-9)8-5-14-3-4-15-8/h3-7,10H,1-2H3,(H,17,18)(H,19,20)/t10-/m1/s1. The SMILES string of the molecule is CC(C)[C@@H](NC(=O)c1csc(-c2cnccn2)n1)C(=O)O. The van der Waals surface area contributed by atoms with Crippen molar-refractivity contribution < 1.29 is 14.7 Å². The fourth-order valence-corrected chi connectivity index (χ4v) is 2.39. The van der Waals surface area contributed by atoms with Crippen LogP contribution in [0.3, 0.4) is 0 Å². The second kappa shape index (κ2) is 6.40. The molecule has 2 aromatic rings. The number of aromatic nitrogens is 3. The van der Waals surface area contributed by atoms with Crippen LogP contribution in [0.5, 0.6) is 0 Å². The Bertz CT molecular complexity index is 642. The van der Waals surface area contributed by atoms with Crippen LogP contribution >= 0.6 is 11.3 Å². The van der Waals surface area contributed by atoms with Crippen molar-refractivity contribution in [2.24, 2.45) is 5.92 Å². The summed E-state index contributed by atoms with van der Waals surface area (Å²) in [6.07, 6.45) is 4.63. The van der Waals surface area contributed by atoms with E-state index in [-0.39, 0.29) is 11.6 Å². The first kappa shape index (κ1) is 15.0. The van der Waals surface area contributed by atoms with E-state index < -0.39 is 17.9 Å². The Morgan fingerprint density at radius 3 is 2.67 bits per heavy atom. The van der Waals surface area contributed by atoms with Crippen LogP contribution in [-0.4, -0.2) is 38.0 Å². The van der Waals surface area contributed by atoms with Crippen molar-refractivity contribution in [3.63, 3.8) is 0 Å². The van der Waals surface area contributed by atoms with Crippen molar-refractivity contribution in [3.8, 4) is 10.7 Å². The van der Waals surface area contributed by atoms with Crippen LogP contribution in [-0.2, 0) is 4.79 Å². The molecule has 0 aliphatic carbocycles. The minimum atomic E-state index is -1.07. The minimum Gasteiger partial charge on any atom is -0.480 e. The molecule has 7 nitrogen and oxygen atoms in total. The molecule has 0 unspecified atom stereocenters. The zero-order valence-electron chi connectivity index (χ0n) is 11.5. The van der Waals surface area contributed by atoms with E-state index in [0.717, 1.165) is 0 Å². The van der Waals surface area contributed by atoms with Crippen LogP contribution in [0.15, 0.2) is 24.0 Å². The molecule has 2 heterocycles.